The third-order valence-electron chi connectivity index (χ3n) is 3.61. The van der Waals surface area contributed by atoms with Crippen molar-refractivity contribution < 1.29 is 0 Å². The SMILES string of the molecule is CCC(C)C(N)Cn1c(C)nc2ccccc21. The summed E-state index contributed by atoms with van der Waals surface area (Å²) in [5.74, 6) is 1.58. The van der Waals surface area contributed by atoms with Crippen LogP contribution in [0.1, 0.15) is 26.1 Å². The minimum absolute atomic E-state index is 0.191. The summed E-state index contributed by atoms with van der Waals surface area (Å²) in [7, 11) is 0. The maximum Gasteiger partial charge on any atom is 0.106 e. The molecule has 0 aliphatic rings. The van der Waals surface area contributed by atoms with Gasteiger partial charge in [0.05, 0.1) is 11.0 Å². The normalized spacial score (nSPS) is 15.1. The summed E-state index contributed by atoms with van der Waals surface area (Å²) in [6, 6.07) is 8.42. The van der Waals surface area contributed by atoms with Crippen molar-refractivity contribution in [3.8, 4) is 0 Å². The Morgan fingerprint density at radius 2 is 2.06 bits per heavy atom. The number of aryl methyl sites for hydroxylation is 1. The van der Waals surface area contributed by atoms with Crippen molar-refractivity contribution >= 4 is 11.0 Å². The van der Waals surface area contributed by atoms with Gasteiger partial charge in [-0.2, -0.15) is 0 Å². The number of imidazole rings is 1. The summed E-state index contributed by atoms with van der Waals surface area (Å²) in [5.41, 5.74) is 8.47. The van der Waals surface area contributed by atoms with Gasteiger partial charge >= 0.3 is 0 Å². The monoisotopic (exact) mass is 231 g/mol. The molecule has 2 aromatic rings. The molecule has 2 atom stereocenters. The van der Waals surface area contributed by atoms with Gasteiger partial charge in [0.1, 0.15) is 5.82 Å². The molecule has 0 fully saturated rings. The van der Waals surface area contributed by atoms with E-state index in [0.717, 1.165) is 24.3 Å². The molecule has 17 heavy (non-hydrogen) atoms. The van der Waals surface area contributed by atoms with E-state index in [4.69, 9.17) is 5.73 Å². The van der Waals surface area contributed by atoms with Crippen LogP contribution in [0.3, 0.4) is 0 Å². The lowest BCUT2D eigenvalue weighted by Crippen LogP contribution is -2.33. The smallest absolute Gasteiger partial charge is 0.106 e. The Kier molecular flexibility index (Phi) is 3.48. The fourth-order valence-corrected chi connectivity index (χ4v) is 2.12. The van der Waals surface area contributed by atoms with Crippen LogP contribution in [0, 0.1) is 12.8 Å². The molecule has 0 aliphatic carbocycles. The molecule has 2 unspecified atom stereocenters. The molecule has 0 saturated carbocycles. The van der Waals surface area contributed by atoms with Crippen molar-refractivity contribution in [3.63, 3.8) is 0 Å². The fraction of sp³-hybridized carbons (Fsp3) is 0.500. The van der Waals surface area contributed by atoms with Gasteiger partial charge in [0.15, 0.2) is 0 Å². The molecular formula is C14H21N3. The quantitative estimate of drug-likeness (QED) is 0.879. The van der Waals surface area contributed by atoms with Crippen LogP contribution in [0.25, 0.3) is 11.0 Å². The van der Waals surface area contributed by atoms with E-state index in [-0.39, 0.29) is 6.04 Å². The number of rotatable bonds is 4. The second kappa shape index (κ2) is 4.88. The van der Waals surface area contributed by atoms with Gasteiger partial charge in [-0.1, -0.05) is 32.4 Å². The first-order valence-corrected chi connectivity index (χ1v) is 6.31. The van der Waals surface area contributed by atoms with E-state index in [2.05, 4.69) is 35.5 Å². The maximum atomic E-state index is 6.23. The lowest BCUT2D eigenvalue weighted by Gasteiger charge is -2.20. The molecule has 3 nitrogen and oxygen atoms in total. The second-order valence-corrected chi connectivity index (χ2v) is 4.81. The first-order chi connectivity index (χ1) is 8.13. The molecule has 1 aromatic heterocycles. The summed E-state index contributed by atoms with van der Waals surface area (Å²) in [4.78, 5) is 4.56. The van der Waals surface area contributed by atoms with Crippen LogP contribution < -0.4 is 5.73 Å². The van der Waals surface area contributed by atoms with Crippen molar-refractivity contribution in [2.24, 2.45) is 11.7 Å². The Labute approximate surface area is 103 Å². The Hall–Kier alpha value is -1.35. The Morgan fingerprint density at radius 1 is 1.35 bits per heavy atom. The molecule has 0 amide bonds. The van der Waals surface area contributed by atoms with Crippen molar-refractivity contribution in [2.75, 3.05) is 0 Å². The van der Waals surface area contributed by atoms with Crippen molar-refractivity contribution in [1.29, 1.82) is 0 Å². The molecular weight excluding hydrogens is 210 g/mol. The maximum absolute atomic E-state index is 6.23. The van der Waals surface area contributed by atoms with Crippen molar-refractivity contribution in [3.05, 3.63) is 30.1 Å². The van der Waals surface area contributed by atoms with Crippen LogP contribution in [0.15, 0.2) is 24.3 Å². The first-order valence-electron chi connectivity index (χ1n) is 6.31. The predicted octanol–water partition coefficient (Wildman–Crippen LogP) is 2.72. The molecule has 1 heterocycles. The predicted molar refractivity (Wildman–Crippen MR) is 71.9 cm³/mol. The van der Waals surface area contributed by atoms with E-state index in [9.17, 15) is 0 Å². The van der Waals surface area contributed by atoms with Gasteiger partial charge in [-0.3, -0.25) is 0 Å². The summed E-state index contributed by atoms with van der Waals surface area (Å²) >= 11 is 0. The van der Waals surface area contributed by atoms with E-state index in [1.54, 1.807) is 0 Å². The lowest BCUT2D eigenvalue weighted by atomic mass is 10.00. The highest BCUT2D eigenvalue weighted by Gasteiger charge is 2.14. The van der Waals surface area contributed by atoms with Crippen LogP contribution in [0.2, 0.25) is 0 Å². The van der Waals surface area contributed by atoms with Crippen molar-refractivity contribution in [2.45, 2.75) is 39.8 Å². The number of hydrogen-bond acceptors (Lipinski definition) is 2. The lowest BCUT2D eigenvalue weighted by molar-refractivity contribution is 0.397. The zero-order valence-electron chi connectivity index (χ0n) is 10.9. The van der Waals surface area contributed by atoms with E-state index in [1.807, 2.05) is 19.1 Å². The van der Waals surface area contributed by atoms with Crippen LogP contribution >= 0.6 is 0 Å². The molecule has 1 aromatic carbocycles. The number of fused-ring (bicyclic) bond motifs is 1. The Morgan fingerprint density at radius 3 is 2.76 bits per heavy atom. The zero-order chi connectivity index (χ0) is 12.4. The highest BCUT2D eigenvalue weighted by molar-refractivity contribution is 5.75. The number of benzene rings is 1. The molecule has 92 valence electrons. The number of nitrogens with two attached hydrogens (primary N) is 1. The average molecular weight is 231 g/mol. The van der Waals surface area contributed by atoms with Crippen LogP contribution in [0.5, 0.6) is 0 Å². The molecule has 3 heteroatoms. The van der Waals surface area contributed by atoms with E-state index in [1.165, 1.54) is 5.52 Å². The zero-order valence-corrected chi connectivity index (χ0v) is 10.9. The third-order valence-corrected chi connectivity index (χ3v) is 3.61. The van der Waals surface area contributed by atoms with Gasteiger partial charge in [-0.25, -0.2) is 4.98 Å². The molecule has 0 spiro atoms. The molecule has 0 bridgehead atoms. The summed E-state index contributed by atoms with van der Waals surface area (Å²) in [6.07, 6.45) is 1.12. The van der Waals surface area contributed by atoms with Gasteiger partial charge in [-0.15, -0.1) is 0 Å². The molecule has 2 N–H and O–H groups in total. The van der Waals surface area contributed by atoms with E-state index >= 15 is 0 Å². The minimum Gasteiger partial charge on any atom is -0.327 e. The van der Waals surface area contributed by atoms with Gasteiger partial charge < -0.3 is 10.3 Å². The van der Waals surface area contributed by atoms with E-state index < -0.39 is 0 Å². The standard InChI is InChI=1S/C14H21N3/c1-4-10(2)12(15)9-17-11(3)16-13-7-5-6-8-14(13)17/h5-8,10,12H,4,9,15H2,1-3H3. The second-order valence-electron chi connectivity index (χ2n) is 4.81. The van der Waals surface area contributed by atoms with Crippen LogP contribution in [0.4, 0.5) is 0 Å². The van der Waals surface area contributed by atoms with Gasteiger partial charge in [0.25, 0.3) is 0 Å². The number of aromatic nitrogens is 2. The van der Waals surface area contributed by atoms with Crippen LogP contribution in [-0.2, 0) is 6.54 Å². The largest absolute Gasteiger partial charge is 0.327 e. The number of hydrogen-bond donors (Lipinski definition) is 1. The average Bonchev–Trinajstić information content (AvgIpc) is 2.65. The molecule has 0 aliphatic heterocycles. The van der Waals surface area contributed by atoms with Crippen molar-refractivity contribution in [1.82, 2.24) is 9.55 Å². The minimum atomic E-state index is 0.191. The number of para-hydroxylation sites is 2. The fourth-order valence-electron chi connectivity index (χ4n) is 2.12. The first kappa shape index (κ1) is 12.1. The van der Waals surface area contributed by atoms with Crippen LogP contribution in [-0.4, -0.2) is 15.6 Å². The highest BCUT2D eigenvalue weighted by Crippen LogP contribution is 2.17. The molecule has 0 radical (unpaired) electrons. The Balaban J connectivity index is 2.32. The molecule has 0 saturated heterocycles. The summed E-state index contributed by atoms with van der Waals surface area (Å²) in [6.45, 7) is 7.28. The van der Waals surface area contributed by atoms with Gasteiger partial charge in [0.2, 0.25) is 0 Å². The summed E-state index contributed by atoms with van der Waals surface area (Å²) < 4.78 is 2.23. The van der Waals surface area contributed by atoms with Gasteiger partial charge in [0, 0.05) is 12.6 Å². The highest BCUT2D eigenvalue weighted by atomic mass is 15.1. The summed E-state index contributed by atoms with van der Waals surface area (Å²) in [5, 5.41) is 0. The Bertz CT molecular complexity index is 501. The topological polar surface area (TPSA) is 43.8 Å². The van der Waals surface area contributed by atoms with E-state index in [0.29, 0.717) is 5.92 Å². The third kappa shape index (κ3) is 2.34. The number of nitrogens with zero attached hydrogens (tertiary/aromatic N) is 2. The molecule has 2 rings (SSSR count). The van der Waals surface area contributed by atoms with Gasteiger partial charge in [-0.05, 0) is 25.0 Å².